The molecule has 0 saturated carbocycles. The van der Waals surface area contributed by atoms with Crippen LogP contribution in [0, 0.1) is 5.82 Å². The third kappa shape index (κ3) is 6.54. The number of nitrogens with one attached hydrogen (secondary N) is 1. The van der Waals surface area contributed by atoms with Gasteiger partial charge in [-0.2, -0.15) is 0 Å². The van der Waals surface area contributed by atoms with Gasteiger partial charge in [0.25, 0.3) is 11.8 Å². The summed E-state index contributed by atoms with van der Waals surface area (Å²) in [5.74, 6) is 5.48. The van der Waals surface area contributed by atoms with Gasteiger partial charge in [0.15, 0.2) is 11.5 Å². The Morgan fingerprint density at radius 1 is 0.977 bits per heavy atom. The second kappa shape index (κ2) is 12.2. The lowest BCUT2D eigenvalue weighted by Gasteiger charge is -2.36. The van der Waals surface area contributed by atoms with Gasteiger partial charge in [0.2, 0.25) is 0 Å². The normalized spacial score (nSPS) is 15.1. The summed E-state index contributed by atoms with van der Waals surface area (Å²) in [5.41, 5.74) is 7.65. The van der Waals surface area contributed by atoms with Gasteiger partial charge in [0.1, 0.15) is 22.9 Å². The minimum absolute atomic E-state index is 0.0197. The Hall–Kier alpha value is -5.26. The van der Waals surface area contributed by atoms with Crippen molar-refractivity contribution < 1.29 is 23.5 Å². The molecule has 3 amide bonds. The molecule has 1 saturated heterocycles. The van der Waals surface area contributed by atoms with Crippen LogP contribution in [0.4, 0.5) is 15.0 Å². The first-order chi connectivity index (χ1) is 20.9. The number of anilines is 1. The van der Waals surface area contributed by atoms with Gasteiger partial charge in [-0.1, -0.05) is 24.3 Å². The van der Waals surface area contributed by atoms with Crippen molar-refractivity contribution in [2.75, 3.05) is 17.7 Å². The molecule has 1 fully saturated rings. The van der Waals surface area contributed by atoms with Crippen molar-refractivity contribution >= 4 is 23.7 Å². The predicted molar refractivity (Wildman–Crippen MR) is 163 cm³/mol. The number of halogens is 1. The average molecular weight is 600 g/mol. The van der Waals surface area contributed by atoms with Crippen LogP contribution in [-0.4, -0.2) is 49.6 Å². The molecule has 2 aromatic heterocycles. The van der Waals surface area contributed by atoms with Crippen molar-refractivity contribution in [2.24, 2.45) is 5.73 Å². The minimum Gasteiger partial charge on any atom is -0.444 e. The largest absolute Gasteiger partial charge is 0.444 e. The van der Waals surface area contributed by atoms with Crippen molar-refractivity contribution in [1.82, 2.24) is 19.5 Å². The number of aromatic nitrogens is 3. The smallest absolute Gasteiger partial charge is 0.410 e. The van der Waals surface area contributed by atoms with Gasteiger partial charge in [-0.3, -0.25) is 14.5 Å². The molecule has 0 bridgehead atoms. The number of primary amides is 1. The Balaban J connectivity index is 1.38. The molecule has 1 aliphatic heterocycles. The summed E-state index contributed by atoms with van der Waals surface area (Å²) in [4.78, 5) is 49.1. The molecule has 12 heteroatoms. The molecular formula is C32H34FN7O4. The Morgan fingerprint density at radius 3 is 2.32 bits per heavy atom. The molecule has 0 unspecified atom stereocenters. The number of carbonyl (C=O) groups excluding carboxylic acids is 3. The Bertz CT molecular complexity index is 1700. The maximum absolute atomic E-state index is 13.3. The van der Waals surface area contributed by atoms with Crippen LogP contribution < -0.4 is 16.9 Å². The van der Waals surface area contributed by atoms with Gasteiger partial charge in [-0.25, -0.2) is 23.8 Å². The molecule has 5 rings (SSSR count). The third-order valence-corrected chi connectivity index (χ3v) is 7.20. The quantitative estimate of drug-likeness (QED) is 0.254. The van der Waals surface area contributed by atoms with Crippen molar-refractivity contribution in [2.45, 2.75) is 51.7 Å². The van der Waals surface area contributed by atoms with E-state index in [1.807, 2.05) is 0 Å². The number of nitrogens with two attached hydrogens (primary N) is 2. The fourth-order valence-corrected chi connectivity index (χ4v) is 5.15. The van der Waals surface area contributed by atoms with E-state index in [9.17, 15) is 18.8 Å². The summed E-state index contributed by atoms with van der Waals surface area (Å²) in [6.45, 7) is 5.84. The monoisotopic (exact) mass is 599 g/mol. The zero-order valence-corrected chi connectivity index (χ0v) is 24.7. The van der Waals surface area contributed by atoms with E-state index in [2.05, 4.69) is 10.3 Å². The molecule has 228 valence electrons. The SMILES string of the molecule is CC(C)(C)OC(=O)N1CCCC[C@H]1c1nc(-c2ccc(C(=O)Nc3cc(-c4ccc(F)cc4)ccn3)cc2)c(C(N)=O)n1N. The zero-order valence-electron chi connectivity index (χ0n) is 24.7. The zero-order chi connectivity index (χ0) is 31.6. The second-order valence-corrected chi connectivity index (χ2v) is 11.6. The van der Waals surface area contributed by atoms with Crippen molar-refractivity contribution in [3.05, 3.63) is 89.8 Å². The summed E-state index contributed by atoms with van der Waals surface area (Å²) in [6.07, 6.45) is 3.29. The molecule has 0 aliphatic carbocycles. The number of amides is 3. The van der Waals surface area contributed by atoms with E-state index in [-0.39, 0.29) is 17.2 Å². The molecule has 1 atom stereocenters. The first-order valence-corrected chi connectivity index (χ1v) is 14.2. The highest BCUT2D eigenvalue weighted by molar-refractivity contribution is 6.04. The van der Waals surface area contributed by atoms with Crippen LogP contribution in [0.2, 0.25) is 0 Å². The fourth-order valence-electron chi connectivity index (χ4n) is 5.15. The van der Waals surface area contributed by atoms with Gasteiger partial charge in [0.05, 0.1) is 6.04 Å². The summed E-state index contributed by atoms with van der Waals surface area (Å²) < 4.78 is 20.1. The summed E-state index contributed by atoms with van der Waals surface area (Å²) in [6, 6.07) is 15.4. The number of rotatable bonds is 6. The van der Waals surface area contributed by atoms with Gasteiger partial charge in [0, 0.05) is 23.9 Å². The maximum Gasteiger partial charge on any atom is 0.410 e. The first kappa shape index (κ1) is 30.2. The number of piperidine rings is 1. The number of hydrogen-bond acceptors (Lipinski definition) is 7. The molecule has 2 aromatic carbocycles. The standard InChI is InChI=1S/C32H34FN7O4/c1-32(2,3)44-31(43)39-17-5-4-6-24(39)29-38-26(27(28(34)41)40(29)35)20-7-9-21(10-8-20)30(42)37-25-18-22(15-16-36-25)19-11-13-23(33)14-12-19/h7-16,18,24H,4-6,17,35H2,1-3H3,(H2,34,41)(H,36,37,42)/t24-/m0/s1. The van der Waals surface area contributed by atoms with Gasteiger partial charge in [-0.15, -0.1) is 0 Å². The van der Waals surface area contributed by atoms with Gasteiger partial charge < -0.3 is 21.6 Å². The molecular weight excluding hydrogens is 565 g/mol. The summed E-state index contributed by atoms with van der Waals surface area (Å²) >= 11 is 0. The van der Waals surface area contributed by atoms with Crippen molar-refractivity contribution in [1.29, 1.82) is 0 Å². The number of nitrogens with zero attached hydrogens (tertiary/aromatic N) is 4. The lowest BCUT2D eigenvalue weighted by molar-refractivity contribution is 0.00821. The number of benzene rings is 2. The highest BCUT2D eigenvalue weighted by Gasteiger charge is 2.36. The van der Waals surface area contributed by atoms with Crippen LogP contribution >= 0.6 is 0 Å². The maximum atomic E-state index is 13.3. The van der Waals surface area contributed by atoms with Crippen LogP contribution in [0.1, 0.15) is 72.7 Å². The van der Waals surface area contributed by atoms with E-state index in [0.29, 0.717) is 35.7 Å². The molecule has 0 radical (unpaired) electrons. The van der Waals surface area contributed by atoms with Crippen LogP contribution in [0.3, 0.4) is 0 Å². The minimum atomic E-state index is -0.783. The summed E-state index contributed by atoms with van der Waals surface area (Å²) in [7, 11) is 0. The van der Waals surface area contributed by atoms with Crippen LogP contribution in [0.25, 0.3) is 22.4 Å². The first-order valence-electron chi connectivity index (χ1n) is 14.2. The highest BCUT2D eigenvalue weighted by atomic mass is 19.1. The molecule has 5 N–H and O–H groups in total. The van der Waals surface area contributed by atoms with E-state index in [0.717, 1.165) is 28.6 Å². The van der Waals surface area contributed by atoms with E-state index in [1.54, 1.807) is 80.4 Å². The number of nitrogen functional groups attached to an aromatic ring is 1. The molecule has 44 heavy (non-hydrogen) atoms. The molecule has 11 nitrogen and oxygen atoms in total. The Labute approximate surface area is 254 Å². The Morgan fingerprint density at radius 2 is 1.66 bits per heavy atom. The fraction of sp³-hybridized carbons (Fsp3) is 0.281. The Kier molecular flexibility index (Phi) is 8.34. The predicted octanol–water partition coefficient (Wildman–Crippen LogP) is 5.28. The molecule has 4 aromatic rings. The number of imidazole rings is 1. The van der Waals surface area contributed by atoms with Gasteiger partial charge >= 0.3 is 6.09 Å². The molecule has 3 heterocycles. The lowest BCUT2D eigenvalue weighted by Crippen LogP contribution is -2.43. The van der Waals surface area contributed by atoms with E-state index < -0.39 is 29.6 Å². The van der Waals surface area contributed by atoms with Gasteiger partial charge in [-0.05, 0) is 87.6 Å². The molecule has 0 spiro atoms. The van der Waals surface area contributed by atoms with E-state index in [4.69, 9.17) is 21.3 Å². The van der Waals surface area contributed by atoms with E-state index >= 15 is 0 Å². The topological polar surface area (TPSA) is 158 Å². The van der Waals surface area contributed by atoms with E-state index in [1.165, 1.54) is 12.1 Å². The van der Waals surface area contributed by atoms with Crippen molar-refractivity contribution in [3.8, 4) is 22.4 Å². The number of hydrogen-bond donors (Lipinski definition) is 3. The second-order valence-electron chi connectivity index (χ2n) is 11.6. The number of carbonyl (C=O) groups is 3. The number of likely N-dealkylation sites (tertiary alicyclic amines) is 1. The lowest BCUT2D eigenvalue weighted by atomic mass is 10.0. The third-order valence-electron chi connectivity index (χ3n) is 7.20. The van der Waals surface area contributed by atoms with Crippen LogP contribution in [0.5, 0.6) is 0 Å². The summed E-state index contributed by atoms with van der Waals surface area (Å²) in [5, 5.41) is 2.77. The number of pyridine rings is 1. The molecule has 1 aliphatic rings. The highest BCUT2D eigenvalue weighted by Crippen LogP contribution is 2.34. The number of ether oxygens (including phenoxy) is 1. The van der Waals surface area contributed by atoms with Crippen molar-refractivity contribution in [3.63, 3.8) is 0 Å². The van der Waals surface area contributed by atoms with Crippen LogP contribution in [0.15, 0.2) is 66.9 Å². The average Bonchev–Trinajstić information content (AvgIpc) is 3.34. The van der Waals surface area contributed by atoms with Crippen LogP contribution in [-0.2, 0) is 4.74 Å².